The Morgan fingerprint density at radius 3 is 2.48 bits per heavy atom. The Morgan fingerprint density at radius 2 is 1.90 bits per heavy atom. The average molecular weight is 290 g/mol. The van der Waals surface area contributed by atoms with Crippen LogP contribution in [0.15, 0.2) is 24.3 Å². The fourth-order valence-corrected chi connectivity index (χ4v) is 3.35. The van der Waals surface area contributed by atoms with E-state index in [1.165, 1.54) is 37.8 Å². The van der Waals surface area contributed by atoms with Crippen LogP contribution in [-0.2, 0) is 0 Å². The molecule has 3 heteroatoms. The van der Waals surface area contributed by atoms with Crippen molar-refractivity contribution in [2.75, 3.05) is 33.8 Å². The maximum atomic E-state index is 5.51. The summed E-state index contributed by atoms with van der Waals surface area (Å²) < 4.78 is 5.51. The fourth-order valence-electron chi connectivity index (χ4n) is 3.35. The van der Waals surface area contributed by atoms with E-state index in [9.17, 15) is 0 Å². The zero-order valence-corrected chi connectivity index (χ0v) is 13.8. The number of rotatable bonds is 8. The first-order valence-corrected chi connectivity index (χ1v) is 8.31. The Hall–Kier alpha value is -1.06. The van der Waals surface area contributed by atoms with E-state index in [4.69, 9.17) is 4.74 Å². The minimum absolute atomic E-state index is 0.382. The highest BCUT2D eigenvalue weighted by atomic mass is 16.5. The number of nitrogens with zero attached hydrogens (tertiary/aromatic N) is 1. The largest absolute Gasteiger partial charge is 0.494 e. The molecule has 0 spiro atoms. The van der Waals surface area contributed by atoms with E-state index < -0.39 is 0 Å². The zero-order chi connectivity index (χ0) is 15.1. The van der Waals surface area contributed by atoms with Gasteiger partial charge in [0.25, 0.3) is 0 Å². The van der Waals surface area contributed by atoms with Crippen molar-refractivity contribution in [1.29, 1.82) is 0 Å². The summed E-state index contributed by atoms with van der Waals surface area (Å²) >= 11 is 0. The Labute approximate surface area is 129 Å². The number of likely N-dealkylation sites (N-methyl/N-ethyl adjacent to an activating group) is 2. The van der Waals surface area contributed by atoms with Crippen molar-refractivity contribution in [2.24, 2.45) is 5.92 Å². The molecule has 1 aliphatic carbocycles. The minimum atomic E-state index is 0.382. The summed E-state index contributed by atoms with van der Waals surface area (Å²) in [6.07, 6.45) is 5.68. The van der Waals surface area contributed by atoms with Crippen molar-refractivity contribution >= 4 is 0 Å². The van der Waals surface area contributed by atoms with Crippen LogP contribution in [0.1, 0.15) is 44.2 Å². The van der Waals surface area contributed by atoms with Gasteiger partial charge in [-0.05, 0) is 57.5 Å². The quantitative estimate of drug-likeness (QED) is 0.793. The van der Waals surface area contributed by atoms with E-state index in [0.29, 0.717) is 6.04 Å². The van der Waals surface area contributed by atoms with Crippen LogP contribution in [0.4, 0.5) is 0 Å². The summed E-state index contributed by atoms with van der Waals surface area (Å²) in [5.41, 5.74) is 1.33. The van der Waals surface area contributed by atoms with E-state index >= 15 is 0 Å². The van der Waals surface area contributed by atoms with Crippen LogP contribution >= 0.6 is 0 Å². The third kappa shape index (κ3) is 5.01. The molecule has 118 valence electrons. The molecule has 0 radical (unpaired) electrons. The van der Waals surface area contributed by atoms with Gasteiger partial charge in [-0.3, -0.25) is 0 Å². The minimum Gasteiger partial charge on any atom is -0.494 e. The van der Waals surface area contributed by atoms with Crippen molar-refractivity contribution < 1.29 is 4.74 Å². The van der Waals surface area contributed by atoms with Crippen LogP contribution in [0.25, 0.3) is 0 Å². The molecule has 1 aliphatic rings. The molecule has 0 heterocycles. The third-order valence-electron chi connectivity index (χ3n) is 4.48. The summed E-state index contributed by atoms with van der Waals surface area (Å²) in [6.45, 7) is 5.03. The van der Waals surface area contributed by atoms with Gasteiger partial charge in [0.05, 0.1) is 6.61 Å². The number of hydrogen-bond donors (Lipinski definition) is 1. The van der Waals surface area contributed by atoms with Gasteiger partial charge in [-0.25, -0.2) is 0 Å². The molecule has 0 aromatic heterocycles. The molecule has 0 aliphatic heterocycles. The number of nitrogens with one attached hydrogen (secondary N) is 1. The lowest BCUT2D eigenvalue weighted by Crippen LogP contribution is -2.33. The Kier molecular flexibility index (Phi) is 6.52. The summed E-state index contributed by atoms with van der Waals surface area (Å²) in [4.78, 5) is 2.48. The van der Waals surface area contributed by atoms with Gasteiger partial charge < -0.3 is 15.0 Å². The fraction of sp³-hybridized carbons (Fsp3) is 0.667. The molecular weight excluding hydrogens is 260 g/mol. The Bertz CT molecular complexity index is 398. The average Bonchev–Trinajstić information content (AvgIpc) is 2.99. The predicted octanol–water partition coefficient (Wildman–Crippen LogP) is 3.47. The molecule has 0 saturated heterocycles. The summed E-state index contributed by atoms with van der Waals surface area (Å²) in [5.74, 6) is 1.86. The van der Waals surface area contributed by atoms with Crippen LogP contribution in [0.3, 0.4) is 0 Å². The SMILES string of the molecule is CCOc1ccc(C(CN(C)CC2CCCC2)NC)cc1. The highest BCUT2D eigenvalue weighted by Crippen LogP contribution is 2.26. The molecule has 21 heavy (non-hydrogen) atoms. The van der Waals surface area contributed by atoms with Crippen molar-refractivity contribution in [3.63, 3.8) is 0 Å². The van der Waals surface area contributed by atoms with Crippen molar-refractivity contribution in [1.82, 2.24) is 10.2 Å². The van der Waals surface area contributed by atoms with Crippen molar-refractivity contribution in [3.05, 3.63) is 29.8 Å². The normalized spacial score (nSPS) is 17.3. The van der Waals surface area contributed by atoms with Gasteiger partial charge in [0.2, 0.25) is 0 Å². The van der Waals surface area contributed by atoms with E-state index in [-0.39, 0.29) is 0 Å². The lowest BCUT2D eigenvalue weighted by molar-refractivity contribution is 0.253. The standard InChI is InChI=1S/C18H30N2O/c1-4-21-17-11-9-16(10-12-17)18(19-2)14-20(3)13-15-7-5-6-8-15/h9-12,15,18-19H,4-8,13-14H2,1-3H3. The maximum Gasteiger partial charge on any atom is 0.119 e. The molecule has 0 bridgehead atoms. The lowest BCUT2D eigenvalue weighted by atomic mass is 10.0. The van der Waals surface area contributed by atoms with Crippen LogP contribution in [0, 0.1) is 5.92 Å². The molecule has 0 amide bonds. The molecule has 1 aromatic carbocycles. The highest BCUT2D eigenvalue weighted by Gasteiger charge is 2.19. The second kappa shape index (κ2) is 8.40. The summed E-state index contributed by atoms with van der Waals surface area (Å²) in [6, 6.07) is 8.87. The Balaban J connectivity index is 1.88. The molecule has 1 atom stereocenters. The molecule has 3 nitrogen and oxygen atoms in total. The molecule has 1 N–H and O–H groups in total. The van der Waals surface area contributed by atoms with E-state index in [1.807, 2.05) is 14.0 Å². The predicted molar refractivity (Wildman–Crippen MR) is 88.9 cm³/mol. The van der Waals surface area contributed by atoms with Crippen LogP contribution in [-0.4, -0.2) is 38.7 Å². The van der Waals surface area contributed by atoms with Gasteiger partial charge in [0.1, 0.15) is 5.75 Å². The molecule has 1 saturated carbocycles. The first kappa shape index (κ1) is 16.3. The lowest BCUT2D eigenvalue weighted by Gasteiger charge is -2.26. The smallest absolute Gasteiger partial charge is 0.119 e. The van der Waals surface area contributed by atoms with Gasteiger partial charge >= 0.3 is 0 Å². The molecule has 2 rings (SSSR count). The summed E-state index contributed by atoms with van der Waals surface area (Å²) in [5, 5.41) is 3.44. The van der Waals surface area contributed by atoms with Gasteiger partial charge in [-0.1, -0.05) is 25.0 Å². The zero-order valence-electron chi connectivity index (χ0n) is 13.8. The van der Waals surface area contributed by atoms with Gasteiger partial charge in [0.15, 0.2) is 0 Å². The first-order valence-electron chi connectivity index (χ1n) is 8.31. The monoisotopic (exact) mass is 290 g/mol. The van der Waals surface area contributed by atoms with E-state index in [0.717, 1.165) is 24.8 Å². The van der Waals surface area contributed by atoms with E-state index in [1.54, 1.807) is 0 Å². The van der Waals surface area contributed by atoms with Crippen molar-refractivity contribution in [3.8, 4) is 5.75 Å². The van der Waals surface area contributed by atoms with Crippen molar-refractivity contribution in [2.45, 2.75) is 38.6 Å². The number of hydrogen-bond acceptors (Lipinski definition) is 3. The number of benzene rings is 1. The van der Waals surface area contributed by atoms with Gasteiger partial charge in [-0.2, -0.15) is 0 Å². The van der Waals surface area contributed by atoms with Crippen LogP contribution in [0.5, 0.6) is 5.75 Å². The molecule has 1 fully saturated rings. The molecular formula is C18H30N2O. The van der Waals surface area contributed by atoms with Gasteiger partial charge in [0, 0.05) is 19.1 Å². The first-order chi connectivity index (χ1) is 10.2. The Morgan fingerprint density at radius 1 is 1.24 bits per heavy atom. The van der Waals surface area contributed by atoms with Crippen LogP contribution < -0.4 is 10.1 Å². The second-order valence-electron chi connectivity index (χ2n) is 6.22. The second-order valence-corrected chi connectivity index (χ2v) is 6.22. The number of ether oxygens (including phenoxy) is 1. The maximum absolute atomic E-state index is 5.51. The van der Waals surface area contributed by atoms with Crippen LogP contribution in [0.2, 0.25) is 0 Å². The third-order valence-corrected chi connectivity index (χ3v) is 4.48. The highest BCUT2D eigenvalue weighted by molar-refractivity contribution is 5.29. The topological polar surface area (TPSA) is 24.5 Å². The van der Waals surface area contributed by atoms with Gasteiger partial charge in [-0.15, -0.1) is 0 Å². The molecule has 1 aromatic rings. The molecule has 1 unspecified atom stereocenters. The van der Waals surface area contributed by atoms with E-state index in [2.05, 4.69) is 41.5 Å². The summed E-state index contributed by atoms with van der Waals surface area (Å²) in [7, 11) is 4.29.